The van der Waals surface area contributed by atoms with E-state index in [1.165, 1.54) is 16.7 Å². The SMILES string of the molecule is Cc1cc(-c2ccc3cc(-c4ccc(C(C)C)cc4)oc3n2)cc(C(C)(C)C)c1. The van der Waals surface area contributed by atoms with Gasteiger partial charge in [-0.05, 0) is 59.7 Å². The van der Waals surface area contributed by atoms with Crippen molar-refractivity contribution in [2.45, 2.75) is 52.9 Å². The van der Waals surface area contributed by atoms with Crippen LogP contribution in [0.1, 0.15) is 57.2 Å². The van der Waals surface area contributed by atoms with Crippen LogP contribution in [0.3, 0.4) is 0 Å². The van der Waals surface area contributed by atoms with E-state index >= 15 is 0 Å². The van der Waals surface area contributed by atoms with E-state index in [9.17, 15) is 0 Å². The molecule has 0 bridgehead atoms. The fraction of sp³-hybridized carbons (Fsp3) is 0.296. The van der Waals surface area contributed by atoms with Gasteiger partial charge in [-0.1, -0.05) is 70.5 Å². The second kappa shape index (κ2) is 7.18. The number of furan rings is 1. The molecule has 0 fully saturated rings. The molecule has 0 aliphatic rings. The molecule has 0 amide bonds. The molecule has 0 unspecified atom stereocenters. The van der Waals surface area contributed by atoms with Crippen LogP contribution in [0.25, 0.3) is 33.7 Å². The Kier molecular flexibility index (Phi) is 4.82. The molecule has 2 aromatic carbocycles. The van der Waals surface area contributed by atoms with Crippen LogP contribution in [0.2, 0.25) is 0 Å². The van der Waals surface area contributed by atoms with Gasteiger partial charge in [-0.3, -0.25) is 0 Å². The highest BCUT2D eigenvalue weighted by molar-refractivity contribution is 5.82. The van der Waals surface area contributed by atoms with Crippen LogP contribution < -0.4 is 0 Å². The Hall–Kier alpha value is -2.87. The molecule has 0 spiro atoms. The molecule has 0 aliphatic heterocycles. The molecule has 4 aromatic rings. The molecule has 0 radical (unpaired) electrons. The summed E-state index contributed by atoms with van der Waals surface area (Å²) < 4.78 is 6.13. The van der Waals surface area contributed by atoms with Gasteiger partial charge in [0.25, 0.3) is 0 Å². The molecular formula is C27H29NO. The van der Waals surface area contributed by atoms with Gasteiger partial charge in [-0.15, -0.1) is 0 Å². The standard InChI is InChI=1S/C27H29NO/c1-17(2)19-7-9-20(10-8-19)25-16-21-11-12-24(28-26(21)29-25)22-13-18(3)14-23(15-22)27(4,5)6/h7-17H,1-6H3. The van der Waals surface area contributed by atoms with Crippen LogP contribution in [-0.2, 0) is 5.41 Å². The summed E-state index contributed by atoms with van der Waals surface area (Å²) in [5, 5.41) is 1.03. The Labute approximate surface area is 173 Å². The van der Waals surface area contributed by atoms with Gasteiger partial charge in [0.15, 0.2) is 0 Å². The Morgan fingerprint density at radius 3 is 2.21 bits per heavy atom. The predicted molar refractivity (Wildman–Crippen MR) is 122 cm³/mol. The highest BCUT2D eigenvalue weighted by Gasteiger charge is 2.16. The summed E-state index contributed by atoms with van der Waals surface area (Å²) in [5.41, 5.74) is 7.85. The van der Waals surface area contributed by atoms with E-state index in [-0.39, 0.29) is 5.41 Å². The van der Waals surface area contributed by atoms with Gasteiger partial charge in [-0.25, -0.2) is 4.98 Å². The van der Waals surface area contributed by atoms with E-state index in [1.807, 2.05) is 0 Å². The number of aromatic nitrogens is 1. The third-order valence-electron chi connectivity index (χ3n) is 5.48. The summed E-state index contributed by atoms with van der Waals surface area (Å²) in [5.74, 6) is 1.39. The molecule has 0 saturated carbocycles. The highest BCUT2D eigenvalue weighted by atomic mass is 16.3. The first-order valence-electron chi connectivity index (χ1n) is 10.3. The number of rotatable bonds is 3. The monoisotopic (exact) mass is 383 g/mol. The van der Waals surface area contributed by atoms with Gasteiger partial charge >= 0.3 is 0 Å². The fourth-order valence-electron chi connectivity index (χ4n) is 3.62. The first-order chi connectivity index (χ1) is 13.7. The molecular weight excluding hydrogens is 354 g/mol. The van der Waals surface area contributed by atoms with Crippen molar-refractivity contribution >= 4 is 11.1 Å². The lowest BCUT2D eigenvalue weighted by Gasteiger charge is -2.20. The molecule has 0 saturated heterocycles. The largest absolute Gasteiger partial charge is 0.438 e. The lowest BCUT2D eigenvalue weighted by molar-refractivity contribution is 0.590. The minimum Gasteiger partial charge on any atom is -0.438 e. The Morgan fingerprint density at radius 1 is 0.828 bits per heavy atom. The number of hydrogen-bond donors (Lipinski definition) is 0. The van der Waals surface area contributed by atoms with E-state index in [4.69, 9.17) is 9.40 Å². The van der Waals surface area contributed by atoms with Crippen molar-refractivity contribution in [1.29, 1.82) is 0 Å². The second-order valence-corrected chi connectivity index (χ2v) is 9.32. The quantitative estimate of drug-likeness (QED) is 0.359. The molecule has 0 N–H and O–H groups in total. The van der Waals surface area contributed by atoms with Crippen LogP contribution in [0, 0.1) is 6.92 Å². The third-order valence-corrected chi connectivity index (χ3v) is 5.48. The van der Waals surface area contributed by atoms with Gasteiger partial charge in [-0.2, -0.15) is 0 Å². The molecule has 2 heterocycles. The Balaban J connectivity index is 1.73. The van der Waals surface area contributed by atoms with Crippen molar-refractivity contribution < 1.29 is 4.42 Å². The predicted octanol–water partition coefficient (Wildman–Crippen LogP) is 7.89. The second-order valence-electron chi connectivity index (χ2n) is 9.32. The average Bonchev–Trinajstić information content (AvgIpc) is 3.10. The van der Waals surface area contributed by atoms with Crippen LogP contribution in [-0.4, -0.2) is 4.98 Å². The summed E-state index contributed by atoms with van der Waals surface area (Å²) >= 11 is 0. The van der Waals surface area contributed by atoms with Gasteiger partial charge in [0.05, 0.1) is 5.69 Å². The van der Waals surface area contributed by atoms with Crippen LogP contribution in [0.5, 0.6) is 0 Å². The number of fused-ring (bicyclic) bond motifs is 1. The fourth-order valence-corrected chi connectivity index (χ4v) is 3.62. The summed E-state index contributed by atoms with van der Waals surface area (Å²) in [6.07, 6.45) is 0. The molecule has 29 heavy (non-hydrogen) atoms. The number of benzene rings is 2. The molecule has 0 atom stereocenters. The zero-order valence-corrected chi connectivity index (χ0v) is 18.2. The number of aryl methyl sites for hydroxylation is 1. The van der Waals surface area contributed by atoms with Crippen molar-refractivity contribution in [2.75, 3.05) is 0 Å². The van der Waals surface area contributed by atoms with Crippen molar-refractivity contribution in [3.63, 3.8) is 0 Å². The van der Waals surface area contributed by atoms with Gasteiger partial charge in [0.2, 0.25) is 5.71 Å². The maximum atomic E-state index is 6.13. The average molecular weight is 384 g/mol. The minimum absolute atomic E-state index is 0.102. The van der Waals surface area contributed by atoms with Gasteiger partial charge in [0.1, 0.15) is 5.76 Å². The summed E-state index contributed by atoms with van der Waals surface area (Å²) in [4.78, 5) is 4.84. The lowest BCUT2D eigenvalue weighted by atomic mass is 9.85. The summed E-state index contributed by atoms with van der Waals surface area (Å²) in [7, 11) is 0. The molecule has 2 nitrogen and oxygen atoms in total. The number of nitrogens with zero attached hydrogens (tertiary/aromatic N) is 1. The normalized spacial score (nSPS) is 12.1. The molecule has 4 rings (SSSR count). The number of pyridine rings is 1. The Morgan fingerprint density at radius 2 is 1.55 bits per heavy atom. The smallest absolute Gasteiger partial charge is 0.227 e. The van der Waals surface area contributed by atoms with Crippen molar-refractivity contribution in [2.24, 2.45) is 0 Å². The molecule has 2 aromatic heterocycles. The van der Waals surface area contributed by atoms with E-state index in [0.29, 0.717) is 11.6 Å². The maximum Gasteiger partial charge on any atom is 0.227 e. The van der Waals surface area contributed by atoms with E-state index in [0.717, 1.165) is 28.0 Å². The molecule has 2 heteroatoms. The summed E-state index contributed by atoms with van der Waals surface area (Å²) in [6.45, 7) is 13.3. The zero-order valence-electron chi connectivity index (χ0n) is 18.2. The first-order valence-corrected chi connectivity index (χ1v) is 10.3. The maximum absolute atomic E-state index is 6.13. The van der Waals surface area contributed by atoms with Gasteiger partial charge < -0.3 is 4.42 Å². The highest BCUT2D eigenvalue weighted by Crippen LogP contribution is 2.32. The van der Waals surface area contributed by atoms with Crippen LogP contribution >= 0.6 is 0 Å². The van der Waals surface area contributed by atoms with Crippen molar-refractivity contribution in [1.82, 2.24) is 4.98 Å². The van der Waals surface area contributed by atoms with Crippen molar-refractivity contribution in [3.8, 4) is 22.6 Å². The lowest BCUT2D eigenvalue weighted by Crippen LogP contribution is -2.11. The zero-order chi connectivity index (χ0) is 20.8. The first kappa shape index (κ1) is 19.4. The van der Waals surface area contributed by atoms with E-state index < -0.39 is 0 Å². The topological polar surface area (TPSA) is 26.0 Å². The minimum atomic E-state index is 0.102. The summed E-state index contributed by atoms with van der Waals surface area (Å²) in [6, 6.07) is 21.6. The van der Waals surface area contributed by atoms with Gasteiger partial charge in [0, 0.05) is 16.5 Å². The number of hydrogen-bond acceptors (Lipinski definition) is 2. The van der Waals surface area contributed by atoms with E-state index in [2.05, 4.69) is 102 Å². The van der Waals surface area contributed by atoms with Crippen LogP contribution in [0.4, 0.5) is 0 Å². The van der Waals surface area contributed by atoms with Crippen LogP contribution in [0.15, 0.2) is 65.1 Å². The molecule has 0 aliphatic carbocycles. The van der Waals surface area contributed by atoms with Crippen molar-refractivity contribution in [3.05, 3.63) is 77.4 Å². The third kappa shape index (κ3) is 3.98. The van der Waals surface area contributed by atoms with E-state index in [1.54, 1.807) is 0 Å². The Bertz CT molecular complexity index is 1160. The molecule has 148 valence electrons.